The van der Waals surface area contributed by atoms with Crippen molar-refractivity contribution in [2.75, 3.05) is 4.72 Å². The average Bonchev–Trinajstić information content (AvgIpc) is 2.76. The van der Waals surface area contributed by atoms with Gasteiger partial charge in [0.15, 0.2) is 5.58 Å². The molecule has 0 unspecified atom stereocenters. The SMILES string of the molecule is Cn1c(=O)oc2cc(S(=O)(=O)Nc3ccc(Cl)cc3)c(Cl)cc21. The minimum absolute atomic E-state index is 0.0182. The summed E-state index contributed by atoms with van der Waals surface area (Å²) in [4.78, 5) is 11.3. The van der Waals surface area contributed by atoms with Gasteiger partial charge in [-0.25, -0.2) is 13.2 Å². The van der Waals surface area contributed by atoms with Crippen molar-refractivity contribution in [1.29, 1.82) is 0 Å². The number of hydrogen-bond acceptors (Lipinski definition) is 4. The van der Waals surface area contributed by atoms with E-state index in [0.717, 1.165) is 0 Å². The minimum atomic E-state index is -3.95. The Morgan fingerprint density at radius 3 is 2.43 bits per heavy atom. The first-order chi connectivity index (χ1) is 10.8. The van der Waals surface area contributed by atoms with E-state index < -0.39 is 15.8 Å². The van der Waals surface area contributed by atoms with Crippen LogP contribution in [0.25, 0.3) is 11.1 Å². The van der Waals surface area contributed by atoms with Gasteiger partial charge in [0.25, 0.3) is 10.0 Å². The van der Waals surface area contributed by atoms with Crippen molar-refractivity contribution in [3.63, 3.8) is 0 Å². The van der Waals surface area contributed by atoms with E-state index in [-0.39, 0.29) is 15.5 Å². The van der Waals surface area contributed by atoms with E-state index in [1.807, 2.05) is 0 Å². The molecule has 0 amide bonds. The summed E-state index contributed by atoms with van der Waals surface area (Å²) in [6, 6.07) is 8.75. The Labute approximate surface area is 141 Å². The van der Waals surface area contributed by atoms with Crippen LogP contribution in [0, 0.1) is 0 Å². The molecule has 0 saturated heterocycles. The Balaban J connectivity index is 2.09. The molecule has 0 fully saturated rings. The van der Waals surface area contributed by atoms with Gasteiger partial charge in [-0.15, -0.1) is 0 Å². The second-order valence-corrected chi connectivity index (χ2v) is 7.28. The zero-order chi connectivity index (χ0) is 16.8. The van der Waals surface area contributed by atoms with Gasteiger partial charge < -0.3 is 4.42 Å². The fourth-order valence-electron chi connectivity index (χ4n) is 2.06. The van der Waals surface area contributed by atoms with Crippen molar-refractivity contribution in [2.45, 2.75) is 4.90 Å². The molecule has 1 aromatic heterocycles. The summed E-state index contributed by atoms with van der Waals surface area (Å²) in [7, 11) is -2.44. The number of aromatic nitrogens is 1. The Kier molecular flexibility index (Phi) is 3.87. The van der Waals surface area contributed by atoms with Gasteiger partial charge in [-0.1, -0.05) is 23.2 Å². The highest BCUT2D eigenvalue weighted by Gasteiger charge is 2.21. The summed E-state index contributed by atoms with van der Waals surface area (Å²) in [5.74, 6) is -0.601. The molecule has 23 heavy (non-hydrogen) atoms. The molecule has 3 aromatic rings. The molecule has 1 N–H and O–H groups in total. The van der Waals surface area contributed by atoms with Crippen LogP contribution >= 0.6 is 23.2 Å². The molecule has 9 heteroatoms. The van der Waals surface area contributed by atoms with E-state index >= 15 is 0 Å². The number of anilines is 1. The van der Waals surface area contributed by atoms with Gasteiger partial charge in [0.2, 0.25) is 0 Å². The second-order valence-electron chi connectivity index (χ2n) is 4.79. The van der Waals surface area contributed by atoms with Crippen LogP contribution in [0.1, 0.15) is 0 Å². The van der Waals surface area contributed by atoms with E-state index in [4.69, 9.17) is 27.6 Å². The predicted molar refractivity (Wildman–Crippen MR) is 88.7 cm³/mol. The number of aryl methyl sites for hydroxylation is 1. The smallest absolute Gasteiger partial charge is 0.408 e. The number of halogens is 2. The number of rotatable bonds is 3. The summed E-state index contributed by atoms with van der Waals surface area (Å²) in [5.41, 5.74) is 0.879. The molecule has 2 aromatic carbocycles. The Hall–Kier alpha value is -1.96. The fraction of sp³-hybridized carbons (Fsp3) is 0.0714. The monoisotopic (exact) mass is 372 g/mol. The van der Waals surface area contributed by atoms with Gasteiger partial charge in [0.05, 0.1) is 10.5 Å². The molecule has 3 rings (SSSR count). The number of benzene rings is 2. The molecule has 0 radical (unpaired) electrons. The number of nitrogens with one attached hydrogen (secondary N) is 1. The van der Waals surface area contributed by atoms with Crippen molar-refractivity contribution >= 4 is 50.0 Å². The predicted octanol–water partition coefficient (Wildman–Crippen LogP) is 3.24. The minimum Gasteiger partial charge on any atom is -0.408 e. The molecule has 0 aliphatic heterocycles. The van der Waals surface area contributed by atoms with Gasteiger partial charge in [-0.3, -0.25) is 9.29 Å². The third kappa shape index (κ3) is 2.95. The number of oxazole rings is 1. The highest BCUT2D eigenvalue weighted by Crippen LogP contribution is 2.28. The van der Waals surface area contributed by atoms with Gasteiger partial charge in [-0.05, 0) is 30.3 Å². The largest absolute Gasteiger partial charge is 0.419 e. The molecule has 6 nitrogen and oxygen atoms in total. The summed E-state index contributed by atoms with van der Waals surface area (Å²) in [6.45, 7) is 0. The summed E-state index contributed by atoms with van der Waals surface area (Å²) >= 11 is 11.8. The molecule has 0 saturated carbocycles. The Morgan fingerprint density at radius 1 is 1.13 bits per heavy atom. The lowest BCUT2D eigenvalue weighted by atomic mass is 10.3. The van der Waals surface area contributed by atoms with Crippen LogP contribution in [-0.4, -0.2) is 13.0 Å². The lowest BCUT2D eigenvalue weighted by Crippen LogP contribution is -2.13. The lowest BCUT2D eigenvalue weighted by molar-refractivity contribution is 0.527. The highest BCUT2D eigenvalue weighted by atomic mass is 35.5. The molecule has 0 spiro atoms. The van der Waals surface area contributed by atoms with Crippen molar-refractivity contribution < 1.29 is 12.8 Å². The normalized spacial score (nSPS) is 11.8. The summed E-state index contributed by atoms with van der Waals surface area (Å²) in [5, 5.41) is 0.467. The maximum Gasteiger partial charge on any atom is 0.419 e. The van der Waals surface area contributed by atoms with Gasteiger partial charge >= 0.3 is 5.76 Å². The molecule has 0 bridgehead atoms. The standard InChI is InChI=1S/C14H10Cl2N2O4S/c1-18-11-6-10(16)13(7-12(11)22-14(18)19)23(20,21)17-9-4-2-8(15)3-5-9/h2-7,17H,1H3. The van der Waals surface area contributed by atoms with Crippen molar-refractivity contribution in [2.24, 2.45) is 7.05 Å². The van der Waals surface area contributed by atoms with E-state index in [2.05, 4.69) is 4.72 Å². The molecular weight excluding hydrogens is 363 g/mol. The quantitative estimate of drug-likeness (QED) is 0.764. The third-order valence-corrected chi connectivity index (χ3v) is 5.33. The first kappa shape index (κ1) is 15.9. The van der Waals surface area contributed by atoms with Crippen molar-refractivity contribution in [1.82, 2.24) is 4.57 Å². The molecule has 120 valence electrons. The second kappa shape index (κ2) is 5.59. The Morgan fingerprint density at radius 2 is 1.78 bits per heavy atom. The third-order valence-electron chi connectivity index (χ3n) is 3.23. The van der Waals surface area contributed by atoms with Crippen LogP contribution in [0.15, 0.2) is 50.5 Å². The van der Waals surface area contributed by atoms with E-state index in [1.165, 1.54) is 35.9 Å². The van der Waals surface area contributed by atoms with Crippen molar-refractivity contribution in [3.8, 4) is 0 Å². The summed E-state index contributed by atoms with van der Waals surface area (Å²) < 4.78 is 33.6. The number of sulfonamides is 1. The lowest BCUT2D eigenvalue weighted by Gasteiger charge is -2.09. The highest BCUT2D eigenvalue weighted by molar-refractivity contribution is 7.92. The number of fused-ring (bicyclic) bond motifs is 1. The summed E-state index contributed by atoms with van der Waals surface area (Å²) in [6.07, 6.45) is 0. The number of nitrogens with zero attached hydrogens (tertiary/aromatic N) is 1. The van der Waals surface area contributed by atoms with E-state index in [1.54, 1.807) is 12.1 Å². The van der Waals surface area contributed by atoms with Crippen molar-refractivity contribution in [3.05, 3.63) is 57.0 Å². The zero-order valence-electron chi connectivity index (χ0n) is 11.7. The molecule has 0 aliphatic rings. The van der Waals surface area contributed by atoms with Crippen LogP contribution in [0.3, 0.4) is 0 Å². The van der Waals surface area contributed by atoms with Crippen LogP contribution in [-0.2, 0) is 17.1 Å². The van der Waals surface area contributed by atoms with E-state index in [0.29, 0.717) is 16.2 Å². The molecule has 0 atom stereocenters. The van der Waals surface area contributed by atoms with Crippen LogP contribution in [0.2, 0.25) is 10.0 Å². The maximum absolute atomic E-state index is 12.5. The maximum atomic E-state index is 12.5. The molecule has 0 aliphatic carbocycles. The van der Waals surface area contributed by atoms with E-state index in [9.17, 15) is 13.2 Å². The van der Waals surface area contributed by atoms with Gasteiger partial charge in [0.1, 0.15) is 4.90 Å². The molecular formula is C14H10Cl2N2O4S. The first-order valence-electron chi connectivity index (χ1n) is 6.35. The average molecular weight is 373 g/mol. The first-order valence-corrected chi connectivity index (χ1v) is 8.59. The number of hydrogen-bond donors (Lipinski definition) is 1. The zero-order valence-corrected chi connectivity index (χ0v) is 14.0. The fourth-order valence-corrected chi connectivity index (χ4v) is 3.79. The Bertz CT molecular complexity index is 1050. The molecule has 1 heterocycles. The van der Waals surface area contributed by atoms with Gasteiger partial charge in [-0.2, -0.15) is 0 Å². The van der Waals surface area contributed by atoms with Crippen LogP contribution in [0.5, 0.6) is 0 Å². The topological polar surface area (TPSA) is 81.3 Å². The van der Waals surface area contributed by atoms with Crippen LogP contribution in [0.4, 0.5) is 5.69 Å². The van der Waals surface area contributed by atoms with Crippen LogP contribution < -0.4 is 10.5 Å². The van der Waals surface area contributed by atoms with Gasteiger partial charge in [0, 0.05) is 23.8 Å².